The quantitative estimate of drug-likeness (QED) is 0.0478. The lowest BCUT2D eigenvalue weighted by molar-refractivity contribution is -0.302. The van der Waals surface area contributed by atoms with E-state index in [0.717, 1.165) is 57.8 Å². The minimum Gasteiger partial charge on any atom is -0.394 e. The van der Waals surface area contributed by atoms with Crippen LogP contribution in [0.15, 0.2) is 24.3 Å². The maximum Gasteiger partial charge on any atom is 0.220 e. The van der Waals surface area contributed by atoms with Crippen molar-refractivity contribution in [2.45, 2.75) is 185 Å². The van der Waals surface area contributed by atoms with Gasteiger partial charge in [-0.1, -0.05) is 115 Å². The zero-order valence-corrected chi connectivity index (χ0v) is 28.4. The fourth-order valence-electron chi connectivity index (χ4n) is 5.50. The van der Waals surface area contributed by atoms with Gasteiger partial charge in [0.1, 0.15) is 24.4 Å². The molecule has 1 heterocycles. The second-order valence-corrected chi connectivity index (χ2v) is 12.7. The number of hydrogen-bond donors (Lipinski definition) is 6. The average molecular weight is 642 g/mol. The fourth-order valence-corrected chi connectivity index (χ4v) is 5.50. The molecule has 0 aromatic heterocycles. The summed E-state index contributed by atoms with van der Waals surface area (Å²) in [7, 11) is 0. The molecule has 0 aromatic carbocycles. The summed E-state index contributed by atoms with van der Waals surface area (Å²) >= 11 is 0. The number of carbonyl (C=O) groups is 1. The molecule has 1 aliphatic rings. The van der Waals surface area contributed by atoms with Gasteiger partial charge in [0.25, 0.3) is 0 Å². The highest BCUT2D eigenvalue weighted by Gasteiger charge is 2.44. The zero-order chi connectivity index (χ0) is 33.1. The molecule has 0 aromatic rings. The number of hydrogen-bond acceptors (Lipinski definition) is 8. The van der Waals surface area contributed by atoms with Gasteiger partial charge < -0.3 is 40.3 Å². The highest BCUT2D eigenvalue weighted by atomic mass is 16.7. The van der Waals surface area contributed by atoms with E-state index in [9.17, 15) is 30.3 Å². The first-order chi connectivity index (χ1) is 21.8. The van der Waals surface area contributed by atoms with Gasteiger partial charge >= 0.3 is 0 Å². The topological polar surface area (TPSA) is 149 Å². The minimum atomic E-state index is -1.56. The van der Waals surface area contributed by atoms with E-state index < -0.39 is 49.5 Å². The summed E-state index contributed by atoms with van der Waals surface area (Å²) in [6.45, 7) is 3.68. The van der Waals surface area contributed by atoms with Crippen LogP contribution in [0.3, 0.4) is 0 Å². The SMILES string of the molecule is CCCCCC/C=C/CCCCCCCC(=O)N[C@@H](CO[C@H]1O[C@@H](CO)[C@H](O)C(O)C1O)[C@H](O)/C=C/CCCCCCCCC. The smallest absolute Gasteiger partial charge is 0.220 e. The van der Waals surface area contributed by atoms with Crippen molar-refractivity contribution in [2.75, 3.05) is 13.2 Å². The van der Waals surface area contributed by atoms with Crippen molar-refractivity contribution < 1.29 is 39.8 Å². The van der Waals surface area contributed by atoms with E-state index in [4.69, 9.17) is 9.47 Å². The summed E-state index contributed by atoms with van der Waals surface area (Å²) in [6.07, 6.45) is 22.2. The number of unbranched alkanes of at least 4 members (excludes halogenated alkanes) is 16. The van der Waals surface area contributed by atoms with Crippen molar-refractivity contribution in [2.24, 2.45) is 0 Å². The van der Waals surface area contributed by atoms with E-state index in [1.807, 2.05) is 6.08 Å². The Kier molecular flexibility index (Phi) is 25.7. The summed E-state index contributed by atoms with van der Waals surface area (Å²) in [4.78, 5) is 12.8. The van der Waals surface area contributed by atoms with Crippen molar-refractivity contribution in [3.8, 4) is 0 Å². The minimum absolute atomic E-state index is 0.191. The van der Waals surface area contributed by atoms with E-state index in [1.54, 1.807) is 6.08 Å². The second kappa shape index (κ2) is 27.8. The fraction of sp³-hybridized carbons (Fsp3) is 0.861. The lowest BCUT2D eigenvalue weighted by atomic mass is 9.99. The van der Waals surface area contributed by atoms with Crippen LogP contribution in [0.1, 0.15) is 142 Å². The van der Waals surface area contributed by atoms with Crippen LogP contribution in [0.4, 0.5) is 0 Å². The van der Waals surface area contributed by atoms with Crippen LogP contribution in [0.2, 0.25) is 0 Å². The third kappa shape index (κ3) is 19.8. The van der Waals surface area contributed by atoms with Gasteiger partial charge in [-0.2, -0.15) is 0 Å². The van der Waals surface area contributed by atoms with Crippen molar-refractivity contribution in [1.29, 1.82) is 0 Å². The van der Waals surface area contributed by atoms with Crippen LogP contribution < -0.4 is 5.32 Å². The molecular formula is C36H67NO8. The molecule has 1 rings (SSSR count). The van der Waals surface area contributed by atoms with Crippen LogP contribution >= 0.6 is 0 Å². The van der Waals surface area contributed by atoms with Gasteiger partial charge in [0, 0.05) is 6.42 Å². The molecule has 1 saturated heterocycles. The third-order valence-electron chi connectivity index (χ3n) is 8.52. The maximum absolute atomic E-state index is 12.8. The number of aliphatic hydroxyl groups excluding tert-OH is 5. The molecule has 1 fully saturated rings. The summed E-state index contributed by atoms with van der Waals surface area (Å²) in [5, 5.41) is 53.7. The predicted molar refractivity (Wildman–Crippen MR) is 180 cm³/mol. The van der Waals surface area contributed by atoms with E-state index >= 15 is 0 Å². The standard InChI is InChI=1S/C36H67NO8/c1-3-5-7-9-11-13-14-15-16-18-20-22-24-26-32(40)37-29(30(39)25-23-21-19-17-12-10-8-6-4-2)28-44-36-35(43)34(42)33(41)31(27-38)45-36/h13-14,23,25,29-31,33-36,38-39,41-43H,3-12,15-22,24,26-28H2,1-2H3,(H,37,40)/b14-13+,25-23+/t29-,30+,31-,33-,34?,35?,36-/m0/s1. The molecule has 0 radical (unpaired) electrons. The van der Waals surface area contributed by atoms with Gasteiger partial charge in [0.15, 0.2) is 6.29 Å². The molecule has 0 saturated carbocycles. The first-order valence-corrected chi connectivity index (χ1v) is 18.1. The number of rotatable bonds is 28. The van der Waals surface area contributed by atoms with E-state index in [-0.39, 0.29) is 12.5 Å². The molecule has 9 nitrogen and oxygen atoms in total. The Bertz CT molecular complexity index is 761. The molecule has 0 bridgehead atoms. The molecule has 264 valence electrons. The molecule has 1 aliphatic heterocycles. The number of amides is 1. The summed E-state index contributed by atoms with van der Waals surface area (Å²) in [6, 6.07) is -0.802. The Morgan fingerprint density at radius 1 is 0.733 bits per heavy atom. The first kappa shape index (κ1) is 41.7. The molecule has 9 heteroatoms. The maximum atomic E-state index is 12.8. The lowest BCUT2D eigenvalue weighted by Gasteiger charge is -2.40. The predicted octanol–water partition coefficient (Wildman–Crippen LogP) is 5.60. The Labute approximate surface area is 273 Å². The molecule has 2 unspecified atom stereocenters. The summed E-state index contributed by atoms with van der Waals surface area (Å²) in [5.74, 6) is -0.192. The molecular weight excluding hydrogens is 574 g/mol. The van der Waals surface area contributed by atoms with Crippen LogP contribution in [-0.4, -0.2) is 87.5 Å². The van der Waals surface area contributed by atoms with Gasteiger partial charge in [-0.25, -0.2) is 0 Å². The monoisotopic (exact) mass is 641 g/mol. The molecule has 6 N–H and O–H groups in total. The highest BCUT2D eigenvalue weighted by Crippen LogP contribution is 2.22. The molecule has 1 amide bonds. The van der Waals surface area contributed by atoms with Gasteiger partial charge in [-0.05, 0) is 44.9 Å². The van der Waals surface area contributed by atoms with Crippen molar-refractivity contribution in [3.05, 3.63) is 24.3 Å². The Morgan fingerprint density at radius 2 is 1.24 bits per heavy atom. The average Bonchev–Trinajstić information content (AvgIpc) is 3.04. The summed E-state index contributed by atoms with van der Waals surface area (Å²) < 4.78 is 11.1. The summed E-state index contributed by atoms with van der Waals surface area (Å²) in [5.41, 5.74) is 0. The van der Waals surface area contributed by atoms with Crippen LogP contribution in [0.25, 0.3) is 0 Å². The number of aliphatic hydroxyl groups is 5. The normalized spacial score (nSPS) is 23.6. The number of nitrogens with one attached hydrogen (secondary N) is 1. The van der Waals surface area contributed by atoms with Crippen molar-refractivity contribution in [3.63, 3.8) is 0 Å². The van der Waals surface area contributed by atoms with Gasteiger partial charge in [-0.15, -0.1) is 0 Å². The van der Waals surface area contributed by atoms with E-state index in [1.165, 1.54) is 64.2 Å². The van der Waals surface area contributed by atoms with Crippen molar-refractivity contribution >= 4 is 5.91 Å². The first-order valence-electron chi connectivity index (χ1n) is 18.1. The van der Waals surface area contributed by atoms with Crippen LogP contribution in [-0.2, 0) is 14.3 Å². The lowest BCUT2D eigenvalue weighted by Crippen LogP contribution is -2.60. The van der Waals surface area contributed by atoms with E-state index in [2.05, 4.69) is 31.3 Å². The van der Waals surface area contributed by atoms with E-state index in [0.29, 0.717) is 6.42 Å². The zero-order valence-electron chi connectivity index (χ0n) is 28.4. The third-order valence-corrected chi connectivity index (χ3v) is 8.52. The Morgan fingerprint density at radius 3 is 1.82 bits per heavy atom. The number of allylic oxidation sites excluding steroid dienone is 3. The second-order valence-electron chi connectivity index (χ2n) is 12.7. The molecule has 0 spiro atoms. The Balaban J connectivity index is 2.49. The van der Waals surface area contributed by atoms with Gasteiger partial charge in [-0.3, -0.25) is 4.79 Å². The molecule has 45 heavy (non-hydrogen) atoms. The van der Waals surface area contributed by atoms with Crippen LogP contribution in [0, 0.1) is 0 Å². The largest absolute Gasteiger partial charge is 0.394 e. The number of carbonyl (C=O) groups excluding carboxylic acids is 1. The van der Waals surface area contributed by atoms with Gasteiger partial charge in [0.05, 0.1) is 25.4 Å². The molecule has 7 atom stereocenters. The van der Waals surface area contributed by atoms with Crippen molar-refractivity contribution in [1.82, 2.24) is 5.32 Å². The van der Waals surface area contributed by atoms with Gasteiger partial charge in [0.2, 0.25) is 5.91 Å². The Hall–Kier alpha value is -1.33. The van der Waals surface area contributed by atoms with Crippen LogP contribution in [0.5, 0.6) is 0 Å². The molecule has 0 aliphatic carbocycles. The highest BCUT2D eigenvalue weighted by molar-refractivity contribution is 5.76. The number of ether oxygens (including phenoxy) is 2.